The van der Waals surface area contributed by atoms with Gasteiger partial charge in [-0.1, -0.05) is 34.8 Å². The molecule has 21 heavy (non-hydrogen) atoms. The first-order chi connectivity index (χ1) is 10.0. The van der Waals surface area contributed by atoms with E-state index in [1.165, 1.54) is 6.20 Å². The quantitative estimate of drug-likeness (QED) is 0.843. The first-order valence-electron chi connectivity index (χ1n) is 6.17. The molecule has 1 aromatic carbocycles. The molecule has 0 aliphatic carbocycles. The van der Waals surface area contributed by atoms with Crippen LogP contribution in [-0.2, 0) is 0 Å². The van der Waals surface area contributed by atoms with Crippen LogP contribution in [0.25, 0.3) is 0 Å². The van der Waals surface area contributed by atoms with Crippen LogP contribution in [0.2, 0.25) is 15.1 Å². The molecule has 2 N–H and O–H groups in total. The third kappa shape index (κ3) is 4.00. The summed E-state index contributed by atoms with van der Waals surface area (Å²) in [6.07, 6.45) is 1.43. The summed E-state index contributed by atoms with van der Waals surface area (Å²) >= 11 is 17.9. The third-order valence-electron chi connectivity index (χ3n) is 2.64. The Labute approximate surface area is 137 Å². The van der Waals surface area contributed by atoms with Gasteiger partial charge in [0, 0.05) is 17.8 Å². The van der Waals surface area contributed by atoms with Crippen molar-refractivity contribution < 1.29 is 4.79 Å². The summed E-state index contributed by atoms with van der Waals surface area (Å²) in [6, 6.07) is 6.41. The van der Waals surface area contributed by atoms with Crippen molar-refractivity contribution in [1.82, 2.24) is 4.98 Å². The van der Waals surface area contributed by atoms with Gasteiger partial charge in [0.2, 0.25) is 0 Å². The lowest BCUT2D eigenvalue weighted by molar-refractivity contribution is 0.102. The number of carbonyl (C=O) groups excluding carboxylic acids is 1. The number of rotatable bonds is 4. The molecule has 0 saturated heterocycles. The predicted octanol–water partition coefficient (Wildman–Crippen LogP) is 4.73. The fourth-order valence-electron chi connectivity index (χ4n) is 1.67. The van der Waals surface area contributed by atoms with Crippen molar-refractivity contribution in [2.24, 2.45) is 0 Å². The van der Waals surface area contributed by atoms with Crippen LogP contribution >= 0.6 is 34.8 Å². The van der Waals surface area contributed by atoms with E-state index in [2.05, 4.69) is 15.6 Å². The van der Waals surface area contributed by atoms with Crippen molar-refractivity contribution >= 4 is 52.2 Å². The zero-order chi connectivity index (χ0) is 15.4. The van der Waals surface area contributed by atoms with E-state index in [-0.39, 0.29) is 10.9 Å². The highest BCUT2D eigenvalue weighted by molar-refractivity contribution is 6.37. The number of halogens is 3. The van der Waals surface area contributed by atoms with Gasteiger partial charge >= 0.3 is 0 Å². The van der Waals surface area contributed by atoms with E-state index in [1.807, 2.05) is 6.92 Å². The van der Waals surface area contributed by atoms with Gasteiger partial charge in [0.15, 0.2) is 0 Å². The molecule has 7 heteroatoms. The second-order valence-electron chi connectivity index (χ2n) is 4.16. The average Bonchev–Trinajstić information content (AvgIpc) is 2.44. The van der Waals surface area contributed by atoms with Crippen molar-refractivity contribution in [3.8, 4) is 0 Å². The highest BCUT2D eigenvalue weighted by atomic mass is 35.5. The molecule has 2 aromatic rings. The van der Waals surface area contributed by atoms with Crippen LogP contribution in [0, 0.1) is 0 Å². The van der Waals surface area contributed by atoms with Gasteiger partial charge in [0.25, 0.3) is 5.91 Å². The highest BCUT2D eigenvalue weighted by Crippen LogP contribution is 2.27. The van der Waals surface area contributed by atoms with Crippen LogP contribution < -0.4 is 10.6 Å². The lowest BCUT2D eigenvalue weighted by Gasteiger charge is -2.10. The van der Waals surface area contributed by atoms with Crippen molar-refractivity contribution in [3.05, 3.63) is 51.1 Å². The van der Waals surface area contributed by atoms with Crippen molar-refractivity contribution in [1.29, 1.82) is 0 Å². The zero-order valence-corrected chi connectivity index (χ0v) is 13.4. The topological polar surface area (TPSA) is 54.0 Å². The molecule has 2 rings (SSSR count). The number of anilines is 2. The maximum absolute atomic E-state index is 12.3. The maximum atomic E-state index is 12.3. The highest BCUT2D eigenvalue weighted by Gasteiger charge is 2.14. The fourth-order valence-corrected chi connectivity index (χ4v) is 2.32. The van der Waals surface area contributed by atoms with E-state index in [0.29, 0.717) is 33.7 Å². The van der Waals surface area contributed by atoms with Crippen LogP contribution in [0.15, 0.2) is 30.5 Å². The Morgan fingerprint density at radius 1 is 1.19 bits per heavy atom. The van der Waals surface area contributed by atoms with Crippen molar-refractivity contribution in [3.63, 3.8) is 0 Å². The van der Waals surface area contributed by atoms with E-state index in [4.69, 9.17) is 34.8 Å². The van der Waals surface area contributed by atoms with Gasteiger partial charge in [0.05, 0.1) is 21.3 Å². The largest absolute Gasteiger partial charge is 0.370 e. The number of benzene rings is 1. The normalized spacial score (nSPS) is 10.3. The van der Waals surface area contributed by atoms with Crippen molar-refractivity contribution in [2.75, 3.05) is 17.2 Å². The molecule has 0 radical (unpaired) electrons. The van der Waals surface area contributed by atoms with Gasteiger partial charge in [-0.05, 0) is 31.2 Å². The van der Waals surface area contributed by atoms with Gasteiger partial charge in [-0.15, -0.1) is 0 Å². The monoisotopic (exact) mass is 343 g/mol. The molecule has 0 unspecified atom stereocenters. The number of carbonyl (C=O) groups is 1. The Hall–Kier alpha value is -1.49. The number of hydrogen-bond donors (Lipinski definition) is 2. The molecule has 0 atom stereocenters. The molecule has 110 valence electrons. The van der Waals surface area contributed by atoms with Crippen LogP contribution in [0.4, 0.5) is 11.5 Å². The molecular weight excluding hydrogens is 333 g/mol. The molecular formula is C14H12Cl3N3O. The van der Waals surface area contributed by atoms with Crippen molar-refractivity contribution in [2.45, 2.75) is 6.92 Å². The standard InChI is InChI=1S/C14H12Cl3N3O/c1-2-18-13-6-9(11(17)7-19-13)14(21)20-12-4-3-8(15)5-10(12)16/h3-7H,2H2,1H3,(H,18,19)(H,20,21). The molecule has 0 spiro atoms. The Balaban J connectivity index is 2.25. The van der Waals surface area contributed by atoms with Crippen LogP contribution in [0.5, 0.6) is 0 Å². The number of nitrogens with zero attached hydrogens (tertiary/aromatic N) is 1. The smallest absolute Gasteiger partial charge is 0.257 e. The molecule has 1 amide bonds. The third-order valence-corrected chi connectivity index (χ3v) is 3.49. The summed E-state index contributed by atoms with van der Waals surface area (Å²) < 4.78 is 0. The van der Waals surface area contributed by atoms with Crippen LogP contribution in [0.1, 0.15) is 17.3 Å². The molecule has 0 aliphatic heterocycles. The summed E-state index contributed by atoms with van der Waals surface area (Å²) in [5, 5.41) is 6.83. The molecule has 0 saturated carbocycles. The number of pyridine rings is 1. The summed E-state index contributed by atoms with van der Waals surface area (Å²) in [5.74, 6) is 0.208. The number of nitrogens with one attached hydrogen (secondary N) is 2. The van der Waals surface area contributed by atoms with E-state index in [9.17, 15) is 4.79 Å². The minimum atomic E-state index is -0.370. The van der Waals surface area contributed by atoms with Gasteiger partial charge in [-0.2, -0.15) is 0 Å². The summed E-state index contributed by atoms with van der Waals surface area (Å²) in [4.78, 5) is 16.4. The predicted molar refractivity (Wildman–Crippen MR) is 87.8 cm³/mol. The number of hydrogen-bond acceptors (Lipinski definition) is 3. The zero-order valence-electron chi connectivity index (χ0n) is 11.1. The number of amides is 1. The Kier molecular flexibility index (Phi) is 5.28. The lowest BCUT2D eigenvalue weighted by atomic mass is 10.2. The summed E-state index contributed by atoms with van der Waals surface area (Å²) in [7, 11) is 0. The minimum absolute atomic E-state index is 0.263. The maximum Gasteiger partial charge on any atom is 0.257 e. The Morgan fingerprint density at radius 2 is 1.95 bits per heavy atom. The minimum Gasteiger partial charge on any atom is -0.370 e. The fraction of sp³-hybridized carbons (Fsp3) is 0.143. The molecule has 4 nitrogen and oxygen atoms in total. The van der Waals surface area contributed by atoms with E-state index >= 15 is 0 Å². The molecule has 0 aliphatic rings. The van der Waals surface area contributed by atoms with Crippen LogP contribution in [0.3, 0.4) is 0 Å². The molecule has 0 bridgehead atoms. The van der Waals surface area contributed by atoms with Gasteiger partial charge in [-0.3, -0.25) is 4.79 Å². The lowest BCUT2D eigenvalue weighted by Crippen LogP contribution is -2.14. The molecule has 1 heterocycles. The second kappa shape index (κ2) is 6.98. The van der Waals surface area contributed by atoms with Gasteiger partial charge < -0.3 is 10.6 Å². The van der Waals surface area contributed by atoms with Crippen LogP contribution in [-0.4, -0.2) is 17.4 Å². The Bertz CT molecular complexity index is 677. The second-order valence-corrected chi connectivity index (χ2v) is 5.41. The Morgan fingerprint density at radius 3 is 2.62 bits per heavy atom. The summed E-state index contributed by atoms with van der Waals surface area (Å²) in [5.41, 5.74) is 0.776. The van der Waals surface area contributed by atoms with Gasteiger partial charge in [-0.25, -0.2) is 4.98 Å². The first-order valence-corrected chi connectivity index (χ1v) is 7.30. The summed E-state index contributed by atoms with van der Waals surface area (Å²) in [6.45, 7) is 2.63. The first kappa shape index (κ1) is 15.9. The van der Waals surface area contributed by atoms with E-state index in [1.54, 1.807) is 24.3 Å². The molecule has 1 aromatic heterocycles. The van der Waals surface area contributed by atoms with E-state index in [0.717, 1.165) is 0 Å². The SMILES string of the molecule is CCNc1cc(C(=O)Nc2ccc(Cl)cc2Cl)c(Cl)cn1. The average molecular weight is 345 g/mol. The number of aromatic nitrogens is 1. The molecule has 0 fully saturated rings. The van der Waals surface area contributed by atoms with E-state index < -0.39 is 0 Å². The van der Waals surface area contributed by atoms with Gasteiger partial charge in [0.1, 0.15) is 5.82 Å².